The molecule has 1 aliphatic rings. The van der Waals surface area contributed by atoms with Crippen molar-refractivity contribution in [3.8, 4) is 0 Å². The van der Waals surface area contributed by atoms with E-state index in [1.807, 2.05) is 12.4 Å². The van der Waals surface area contributed by atoms with E-state index < -0.39 is 0 Å². The molecular formula is C11H16Cl2N4. The van der Waals surface area contributed by atoms with Crippen LogP contribution in [0.1, 0.15) is 0 Å². The summed E-state index contributed by atoms with van der Waals surface area (Å²) in [5.74, 6) is 0. The zero-order valence-electron chi connectivity index (χ0n) is 9.37. The number of nitrogens with zero attached hydrogens (tertiary/aromatic N) is 3. The maximum Gasteiger partial charge on any atom is 0.136 e. The van der Waals surface area contributed by atoms with Crippen molar-refractivity contribution in [2.75, 3.05) is 31.1 Å². The third-order valence-electron chi connectivity index (χ3n) is 2.86. The van der Waals surface area contributed by atoms with Gasteiger partial charge >= 0.3 is 0 Å². The van der Waals surface area contributed by atoms with Crippen molar-refractivity contribution in [2.45, 2.75) is 0 Å². The summed E-state index contributed by atoms with van der Waals surface area (Å²) in [4.78, 5) is 6.64. The number of fused-ring (bicyclic) bond motifs is 1. The van der Waals surface area contributed by atoms with Crippen LogP contribution in [0.3, 0.4) is 0 Å². The summed E-state index contributed by atoms with van der Waals surface area (Å²) in [6.45, 7) is 4.31. The van der Waals surface area contributed by atoms with Gasteiger partial charge in [-0.05, 0) is 12.1 Å². The van der Waals surface area contributed by atoms with E-state index in [2.05, 4.69) is 37.9 Å². The number of hydrogen-bond acceptors (Lipinski definition) is 3. The van der Waals surface area contributed by atoms with E-state index in [0.29, 0.717) is 0 Å². The number of piperazine rings is 1. The lowest BCUT2D eigenvalue weighted by Crippen LogP contribution is -2.43. The molecule has 1 saturated heterocycles. The van der Waals surface area contributed by atoms with Crippen LogP contribution in [-0.4, -0.2) is 35.6 Å². The van der Waals surface area contributed by atoms with Crippen LogP contribution in [0.25, 0.3) is 5.65 Å². The van der Waals surface area contributed by atoms with E-state index in [1.165, 1.54) is 5.69 Å². The number of pyridine rings is 1. The molecule has 1 N–H and O–H groups in total. The van der Waals surface area contributed by atoms with Crippen LogP contribution in [0.2, 0.25) is 0 Å². The highest BCUT2D eigenvalue weighted by molar-refractivity contribution is 5.85. The number of rotatable bonds is 1. The van der Waals surface area contributed by atoms with Crippen LogP contribution in [0.4, 0.5) is 5.69 Å². The minimum Gasteiger partial charge on any atom is -0.368 e. The number of anilines is 1. The fourth-order valence-electron chi connectivity index (χ4n) is 2.02. The quantitative estimate of drug-likeness (QED) is 0.857. The first-order chi connectivity index (χ1) is 7.43. The van der Waals surface area contributed by atoms with Crippen molar-refractivity contribution in [3.63, 3.8) is 0 Å². The van der Waals surface area contributed by atoms with Gasteiger partial charge in [-0.15, -0.1) is 24.8 Å². The molecule has 1 fully saturated rings. The molecule has 4 nitrogen and oxygen atoms in total. The van der Waals surface area contributed by atoms with Crippen LogP contribution in [0.15, 0.2) is 30.7 Å². The molecule has 3 rings (SSSR count). The molecule has 0 spiro atoms. The van der Waals surface area contributed by atoms with Crippen LogP contribution in [0.5, 0.6) is 0 Å². The first kappa shape index (κ1) is 14.1. The topological polar surface area (TPSA) is 32.6 Å². The third-order valence-corrected chi connectivity index (χ3v) is 2.86. The van der Waals surface area contributed by atoms with Gasteiger partial charge in [0.1, 0.15) is 5.65 Å². The van der Waals surface area contributed by atoms with Crippen LogP contribution >= 0.6 is 24.8 Å². The molecule has 0 aliphatic carbocycles. The Balaban J connectivity index is 0.000000722. The molecule has 0 amide bonds. The molecule has 0 aromatic carbocycles. The smallest absolute Gasteiger partial charge is 0.136 e. The van der Waals surface area contributed by atoms with Crippen molar-refractivity contribution in [1.82, 2.24) is 14.7 Å². The zero-order chi connectivity index (χ0) is 10.1. The lowest BCUT2D eigenvalue weighted by molar-refractivity contribution is 0.588. The first-order valence-corrected chi connectivity index (χ1v) is 5.32. The lowest BCUT2D eigenvalue weighted by Gasteiger charge is -2.29. The van der Waals surface area contributed by atoms with Gasteiger partial charge < -0.3 is 14.6 Å². The summed E-state index contributed by atoms with van der Waals surface area (Å²) < 4.78 is 2.07. The SMILES string of the molecule is Cl.Cl.c1cn2cc(N3CCNCC3)ccc2n1. The average Bonchev–Trinajstić information content (AvgIpc) is 2.77. The molecule has 94 valence electrons. The summed E-state index contributed by atoms with van der Waals surface area (Å²) in [5, 5.41) is 3.36. The van der Waals surface area contributed by atoms with Crippen molar-refractivity contribution in [2.24, 2.45) is 0 Å². The molecule has 0 saturated carbocycles. The normalized spacial score (nSPS) is 15.2. The fraction of sp³-hybridized carbons (Fsp3) is 0.364. The number of halogens is 2. The highest BCUT2D eigenvalue weighted by Gasteiger charge is 2.10. The molecule has 0 atom stereocenters. The monoisotopic (exact) mass is 274 g/mol. The molecule has 1 aliphatic heterocycles. The van der Waals surface area contributed by atoms with Crippen molar-refractivity contribution in [1.29, 1.82) is 0 Å². The van der Waals surface area contributed by atoms with Gasteiger partial charge in [-0.3, -0.25) is 0 Å². The molecule has 2 aromatic heterocycles. The Kier molecular flexibility index (Phi) is 5.05. The van der Waals surface area contributed by atoms with E-state index in [1.54, 1.807) is 0 Å². The van der Waals surface area contributed by atoms with Gasteiger partial charge in [-0.25, -0.2) is 4.98 Å². The maximum absolute atomic E-state index is 4.24. The van der Waals surface area contributed by atoms with Crippen molar-refractivity contribution < 1.29 is 0 Å². The number of imidazole rings is 1. The fourth-order valence-corrected chi connectivity index (χ4v) is 2.02. The van der Waals surface area contributed by atoms with Crippen LogP contribution < -0.4 is 10.2 Å². The highest BCUT2D eigenvalue weighted by Crippen LogP contribution is 2.15. The lowest BCUT2D eigenvalue weighted by atomic mass is 10.3. The molecule has 2 aromatic rings. The minimum absolute atomic E-state index is 0. The molecule has 17 heavy (non-hydrogen) atoms. The van der Waals surface area contributed by atoms with E-state index >= 15 is 0 Å². The van der Waals surface area contributed by atoms with Crippen molar-refractivity contribution >= 4 is 36.1 Å². The molecular weight excluding hydrogens is 259 g/mol. The van der Waals surface area contributed by atoms with Gasteiger partial charge in [0.15, 0.2) is 0 Å². The Labute approximate surface area is 113 Å². The minimum atomic E-state index is 0. The van der Waals surface area contributed by atoms with Gasteiger partial charge in [0.05, 0.1) is 5.69 Å². The van der Waals surface area contributed by atoms with Crippen LogP contribution in [-0.2, 0) is 0 Å². The van der Waals surface area contributed by atoms with Gasteiger partial charge in [-0.1, -0.05) is 0 Å². The van der Waals surface area contributed by atoms with Gasteiger partial charge in [0.2, 0.25) is 0 Å². The second-order valence-electron chi connectivity index (χ2n) is 3.82. The molecule has 6 heteroatoms. The summed E-state index contributed by atoms with van der Waals surface area (Å²) in [7, 11) is 0. The second kappa shape index (κ2) is 6.10. The van der Waals surface area contributed by atoms with Gasteiger partial charge in [0, 0.05) is 44.8 Å². The van der Waals surface area contributed by atoms with Gasteiger partial charge in [-0.2, -0.15) is 0 Å². The number of hydrogen-bond donors (Lipinski definition) is 1. The van der Waals surface area contributed by atoms with Crippen LogP contribution in [0, 0.1) is 0 Å². The van der Waals surface area contributed by atoms with Gasteiger partial charge in [0.25, 0.3) is 0 Å². The molecule has 0 bridgehead atoms. The highest BCUT2D eigenvalue weighted by atomic mass is 35.5. The Morgan fingerprint density at radius 2 is 1.88 bits per heavy atom. The Morgan fingerprint density at radius 3 is 2.65 bits per heavy atom. The Hall–Kier alpha value is -0.970. The standard InChI is InChI=1S/C11H14N4.2ClH/c1-2-11-13-5-8-15(11)9-10(1)14-6-3-12-4-7-14;;/h1-2,5,8-9,12H,3-4,6-7H2;2*1H. The number of nitrogens with one attached hydrogen (secondary N) is 1. The predicted molar refractivity (Wildman–Crippen MR) is 74.8 cm³/mol. The zero-order valence-corrected chi connectivity index (χ0v) is 11.0. The molecule has 0 radical (unpaired) electrons. The summed E-state index contributed by atoms with van der Waals surface area (Å²) in [6, 6.07) is 4.21. The summed E-state index contributed by atoms with van der Waals surface area (Å²) in [6.07, 6.45) is 5.96. The number of aromatic nitrogens is 2. The predicted octanol–water partition coefficient (Wildman–Crippen LogP) is 1.59. The maximum atomic E-state index is 4.24. The van der Waals surface area contributed by atoms with Crippen molar-refractivity contribution in [3.05, 3.63) is 30.7 Å². The third kappa shape index (κ3) is 2.83. The first-order valence-electron chi connectivity index (χ1n) is 5.32. The average molecular weight is 275 g/mol. The van der Waals surface area contributed by atoms with E-state index in [-0.39, 0.29) is 24.8 Å². The second-order valence-corrected chi connectivity index (χ2v) is 3.82. The Morgan fingerprint density at radius 1 is 1.12 bits per heavy atom. The summed E-state index contributed by atoms with van der Waals surface area (Å²) >= 11 is 0. The molecule has 3 heterocycles. The largest absolute Gasteiger partial charge is 0.368 e. The Bertz CT molecular complexity index is 465. The van der Waals surface area contributed by atoms with E-state index in [0.717, 1.165) is 31.8 Å². The van der Waals surface area contributed by atoms with E-state index in [4.69, 9.17) is 0 Å². The van der Waals surface area contributed by atoms with E-state index in [9.17, 15) is 0 Å². The summed E-state index contributed by atoms with van der Waals surface area (Å²) in [5.41, 5.74) is 2.29. The molecule has 0 unspecified atom stereocenters.